The third-order valence-corrected chi connectivity index (χ3v) is 2.21. The normalized spacial score (nSPS) is 10.4. The molecule has 2 rings (SSSR count). The molecule has 0 bridgehead atoms. The Morgan fingerprint density at radius 2 is 2.38 bits per heavy atom. The molecule has 0 radical (unpaired) electrons. The predicted molar refractivity (Wildman–Crippen MR) is 57.4 cm³/mol. The van der Waals surface area contributed by atoms with Gasteiger partial charge in [-0.3, -0.25) is 0 Å². The van der Waals surface area contributed by atoms with Gasteiger partial charge >= 0.3 is 0 Å². The number of aromatic nitrogens is 4. The van der Waals surface area contributed by atoms with Gasteiger partial charge in [-0.25, -0.2) is 4.98 Å². The zero-order chi connectivity index (χ0) is 11.4. The van der Waals surface area contributed by atoms with Gasteiger partial charge in [0, 0.05) is 38.0 Å². The Morgan fingerprint density at radius 3 is 3.06 bits per heavy atom. The fraction of sp³-hybridized carbons (Fsp3) is 0.300. The van der Waals surface area contributed by atoms with Crippen LogP contribution in [0.2, 0.25) is 0 Å². The van der Waals surface area contributed by atoms with Crippen LogP contribution in [0.3, 0.4) is 0 Å². The Kier molecular flexibility index (Phi) is 3.09. The molecule has 0 aromatic carbocycles. The van der Waals surface area contributed by atoms with Crippen molar-refractivity contribution >= 4 is 5.69 Å². The first-order chi connectivity index (χ1) is 7.75. The maximum Gasteiger partial charge on any atom is 0.214 e. The first-order valence-electron chi connectivity index (χ1n) is 4.94. The van der Waals surface area contributed by atoms with Crippen molar-refractivity contribution in [1.82, 2.24) is 19.7 Å². The Labute approximate surface area is 92.3 Å². The van der Waals surface area contributed by atoms with E-state index in [-0.39, 0.29) is 0 Å². The molecule has 0 unspecified atom stereocenters. The smallest absolute Gasteiger partial charge is 0.214 e. The van der Waals surface area contributed by atoms with E-state index in [4.69, 9.17) is 0 Å². The SMILES string of the molecule is Cn1cnnc1CCNc1ccnc(F)c1. The first kappa shape index (κ1) is 10.5. The van der Waals surface area contributed by atoms with Crippen LogP contribution in [0.5, 0.6) is 0 Å². The Hall–Kier alpha value is -1.98. The highest BCUT2D eigenvalue weighted by molar-refractivity contribution is 5.41. The molecule has 0 aliphatic heterocycles. The molecule has 1 N–H and O–H groups in total. The summed E-state index contributed by atoms with van der Waals surface area (Å²) in [6.07, 6.45) is 3.82. The molecule has 2 heterocycles. The number of halogens is 1. The minimum atomic E-state index is -0.483. The molecule has 0 saturated heterocycles. The number of anilines is 1. The second-order valence-corrected chi connectivity index (χ2v) is 3.40. The van der Waals surface area contributed by atoms with Crippen molar-refractivity contribution in [3.05, 3.63) is 36.4 Å². The lowest BCUT2D eigenvalue weighted by molar-refractivity contribution is 0.584. The number of nitrogens with one attached hydrogen (secondary N) is 1. The van der Waals surface area contributed by atoms with Gasteiger partial charge in [0.05, 0.1) is 0 Å². The number of hydrogen-bond donors (Lipinski definition) is 1. The summed E-state index contributed by atoms with van der Waals surface area (Å²) in [6.45, 7) is 0.677. The van der Waals surface area contributed by atoms with Crippen LogP contribution in [0.1, 0.15) is 5.82 Å². The number of pyridine rings is 1. The topological polar surface area (TPSA) is 55.6 Å². The Morgan fingerprint density at radius 1 is 1.50 bits per heavy atom. The van der Waals surface area contributed by atoms with Crippen molar-refractivity contribution in [1.29, 1.82) is 0 Å². The molecular formula is C10H12FN5. The predicted octanol–water partition coefficient (Wildman–Crippen LogP) is 1.00. The molecule has 6 heteroatoms. The molecule has 0 amide bonds. The molecule has 0 aliphatic rings. The van der Waals surface area contributed by atoms with Crippen molar-refractivity contribution in [2.75, 3.05) is 11.9 Å². The number of hydrogen-bond acceptors (Lipinski definition) is 4. The molecule has 0 saturated carbocycles. The van der Waals surface area contributed by atoms with Crippen molar-refractivity contribution in [2.45, 2.75) is 6.42 Å². The largest absolute Gasteiger partial charge is 0.384 e. The molecular weight excluding hydrogens is 209 g/mol. The highest BCUT2D eigenvalue weighted by Crippen LogP contribution is 2.06. The first-order valence-corrected chi connectivity index (χ1v) is 4.94. The van der Waals surface area contributed by atoms with E-state index < -0.39 is 5.95 Å². The van der Waals surface area contributed by atoms with Crippen LogP contribution < -0.4 is 5.32 Å². The van der Waals surface area contributed by atoms with E-state index in [1.807, 2.05) is 11.6 Å². The van der Waals surface area contributed by atoms with Gasteiger partial charge in [0.1, 0.15) is 12.2 Å². The van der Waals surface area contributed by atoms with Crippen molar-refractivity contribution in [3.63, 3.8) is 0 Å². The number of rotatable bonds is 4. The lowest BCUT2D eigenvalue weighted by Gasteiger charge is -2.05. The van der Waals surface area contributed by atoms with Gasteiger partial charge in [0.2, 0.25) is 5.95 Å². The Bertz CT molecular complexity index is 468. The summed E-state index contributed by atoms with van der Waals surface area (Å²) in [5.41, 5.74) is 0.717. The van der Waals surface area contributed by atoms with Crippen LogP contribution in [0, 0.1) is 5.95 Å². The van der Waals surface area contributed by atoms with Crippen molar-refractivity contribution in [2.24, 2.45) is 7.05 Å². The van der Waals surface area contributed by atoms with E-state index in [2.05, 4.69) is 20.5 Å². The molecule has 2 aromatic heterocycles. The zero-order valence-electron chi connectivity index (χ0n) is 8.89. The van der Waals surface area contributed by atoms with Crippen LogP contribution in [0.4, 0.5) is 10.1 Å². The summed E-state index contributed by atoms with van der Waals surface area (Å²) < 4.78 is 14.6. The minimum absolute atomic E-state index is 0.483. The highest BCUT2D eigenvalue weighted by Gasteiger charge is 2.00. The lowest BCUT2D eigenvalue weighted by Crippen LogP contribution is -2.08. The van der Waals surface area contributed by atoms with Crippen LogP contribution in [-0.2, 0) is 13.5 Å². The molecule has 84 valence electrons. The number of aryl methyl sites for hydroxylation is 1. The quantitative estimate of drug-likeness (QED) is 0.783. The van der Waals surface area contributed by atoms with E-state index in [0.29, 0.717) is 6.54 Å². The Balaban J connectivity index is 1.87. The van der Waals surface area contributed by atoms with Crippen LogP contribution in [-0.4, -0.2) is 26.3 Å². The highest BCUT2D eigenvalue weighted by atomic mass is 19.1. The van der Waals surface area contributed by atoms with Gasteiger partial charge in [-0.1, -0.05) is 0 Å². The summed E-state index contributed by atoms with van der Waals surface area (Å²) in [7, 11) is 1.89. The number of nitrogens with zero attached hydrogens (tertiary/aromatic N) is 4. The van der Waals surface area contributed by atoms with Crippen molar-refractivity contribution in [3.8, 4) is 0 Å². The molecule has 16 heavy (non-hydrogen) atoms. The van der Waals surface area contributed by atoms with Crippen LogP contribution in [0.15, 0.2) is 24.7 Å². The average molecular weight is 221 g/mol. The summed E-state index contributed by atoms with van der Waals surface area (Å²) in [6, 6.07) is 3.08. The van der Waals surface area contributed by atoms with Crippen molar-refractivity contribution < 1.29 is 4.39 Å². The monoisotopic (exact) mass is 221 g/mol. The maximum atomic E-state index is 12.8. The van der Waals surface area contributed by atoms with Gasteiger partial charge in [-0.2, -0.15) is 4.39 Å². The fourth-order valence-corrected chi connectivity index (χ4v) is 1.36. The molecule has 0 fully saturated rings. The van der Waals surface area contributed by atoms with E-state index >= 15 is 0 Å². The summed E-state index contributed by atoms with van der Waals surface area (Å²) in [5, 5.41) is 10.8. The zero-order valence-corrected chi connectivity index (χ0v) is 8.89. The minimum Gasteiger partial charge on any atom is -0.384 e. The van der Waals surface area contributed by atoms with E-state index in [1.54, 1.807) is 12.4 Å². The average Bonchev–Trinajstić information content (AvgIpc) is 2.65. The summed E-state index contributed by atoms with van der Waals surface area (Å²) in [4.78, 5) is 3.48. The lowest BCUT2D eigenvalue weighted by atomic mass is 10.3. The standard InChI is InChI=1S/C10H12FN5/c1-16-7-14-15-10(16)3-5-12-8-2-4-13-9(11)6-8/h2,4,6-7H,3,5H2,1H3,(H,12,13). The second-order valence-electron chi connectivity index (χ2n) is 3.40. The third-order valence-electron chi connectivity index (χ3n) is 2.21. The van der Waals surface area contributed by atoms with E-state index in [0.717, 1.165) is 17.9 Å². The maximum absolute atomic E-state index is 12.8. The van der Waals surface area contributed by atoms with Crippen LogP contribution in [0.25, 0.3) is 0 Å². The van der Waals surface area contributed by atoms with Gasteiger partial charge in [0.25, 0.3) is 0 Å². The summed E-state index contributed by atoms with van der Waals surface area (Å²) in [5.74, 6) is 0.408. The third kappa shape index (κ3) is 2.53. The van der Waals surface area contributed by atoms with Crippen LogP contribution >= 0.6 is 0 Å². The van der Waals surface area contributed by atoms with E-state index in [9.17, 15) is 4.39 Å². The molecule has 0 atom stereocenters. The fourth-order valence-electron chi connectivity index (χ4n) is 1.36. The molecule has 5 nitrogen and oxygen atoms in total. The van der Waals surface area contributed by atoms with E-state index in [1.165, 1.54) is 12.3 Å². The second kappa shape index (κ2) is 4.69. The summed E-state index contributed by atoms with van der Waals surface area (Å²) >= 11 is 0. The molecule has 0 spiro atoms. The molecule has 0 aliphatic carbocycles. The van der Waals surface area contributed by atoms with Gasteiger partial charge < -0.3 is 9.88 Å². The van der Waals surface area contributed by atoms with Gasteiger partial charge in [-0.15, -0.1) is 10.2 Å². The van der Waals surface area contributed by atoms with Gasteiger partial charge in [0.15, 0.2) is 0 Å². The van der Waals surface area contributed by atoms with Gasteiger partial charge in [-0.05, 0) is 6.07 Å². The molecule has 2 aromatic rings.